The number of ketones is 1. The third-order valence-corrected chi connectivity index (χ3v) is 10.4. The van der Waals surface area contributed by atoms with Crippen LogP contribution in [0, 0.1) is 28.6 Å². The van der Waals surface area contributed by atoms with Crippen molar-refractivity contribution < 1.29 is 30.3 Å². The second kappa shape index (κ2) is 7.86. The highest BCUT2D eigenvalue weighted by Gasteiger charge is 2.68. The minimum atomic E-state index is -1.43. The highest BCUT2D eigenvalue weighted by Crippen LogP contribution is 2.68. The molecule has 0 spiro atoms. The van der Waals surface area contributed by atoms with Crippen LogP contribution in [0.1, 0.15) is 92.4 Å². The molecule has 3 saturated carbocycles. The van der Waals surface area contributed by atoms with E-state index in [0.29, 0.717) is 44.9 Å². The summed E-state index contributed by atoms with van der Waals surface area (Å²) in [5, 5.41) is 55.2. The van der Waals surface area contributed by atoms with Crippen molar-refractivity contribution in [2.75, 3.05) is 0 Å². The predicted octanol–water partition coefficient (Wildman–Crippen LogP) is 2.88. The zero-order chi connectivity index (χ0) is 24.6. The molecule has 6 nitrogen and oxygen atoms in total. The van der Waals surface area contributed by atoms with Gasteiger partial charge in [0.25, 0.3) is 0 Å². The van der Waals surface area contributed by atoms with Crippen LogP contribution < -0.4 is 0 Å². The lowest BCUT2D eigenvalue weighted by atomic mass is 9.46. The molecule has 0 saturated heterocycles. The summed E-state index contributed by atoms with van der Waals surface area (Å²) in [6.45, 7) is 9.16. The molecule has 9 atom stereocenters. The number of carbonyl (C=O) groups excluding carboxylic acids is 1. The predicted molar refractivity (Wildman–Crippen MR) is 125 cm³/mol. The summed E-state index contributed by atoms with van der Waals surface area (Å²) in [4.78, 5) is 13.2. The van der Waals surface area contributed by atoms with Crippen molar-refractivity contribution in [3.8, 4) is 0 Å². The number of aliphatic hydroxyl groups is 5. The number of fused-ring (bicyclic) bond motifs is 5. The zero-order valence-electron chi connectivity index (χ0n) is 21.0. The molecule has 3 fully saturated rings. The van der Waals surface area contributed by atoms with Gasteiger partial charge in [-0.15, -0.1) is 0 Å². The molecule has 0 radical (unpaired) electrons. The highest BCUT2D eigenvalue weighted by molar-refractivity contribution is 5.95. The summed E-state index contributed by atoms with van der Waals surface area (Å²) in [5.74, 6) is -0.344. The summed E-state index contributed by atoms with van der Waals surface area (Å²) in [6.07, 6.45) is 5.30. The number of hydrogen-bond acceptors (Lipinski definition) is 6. The van der Waals surface area contributed by atoms with Crippen molar-refractivity contribution in [1.82, 2.24) is 0 Å². The molecule has 0 bridgehead atoms. The van der Waals surface area contributed by atoms with E-state index in [9.17, 15) is 30.3 Å². The van der Waals surface area contributed by atoms with Crippen LogP contribution in [-0.2, 0) is 4.79 Å². The lowest BCUT2D eigenvalue weighted by Gasteiger charge is -2.60. The van der Waals surface area contributed by atoms with Gasteiger partial charge in [-0.1, -0.05) is 13.8 Å². The smallest absolute Gasteiger partial charge is 0.159 e. The molecule has 0 unspecified atom stereocenters. The van der Waals surface area contributed by atoms with E-state index in [-0.39, 0.29) is 35.4 Å². The van der Waals surface area contributed by atoms with Gasteiger partial charge in [-0.2, -0.15) is 0 Å². The van der Waals surface area contributed by atoms with Gasteiger partial charge in [0.05, 0.1) is 29.0 Å². The first-order valence-electron chi connectivity index (χ1n) is 12.9. The van der Waals surface area contributed by atoms with Gasteiger partial charge in [0, 0.05) is 11.3 Å². The maximum absolute atomic E-state index is 13.2. The van der Waals surface area contributed by atoms with Crippen LogP contribution in [0.5, 0.6) is 0 Å². The Bertz CT molecular complexity index is 827. The van der Waals surface area contributed by atoms with Gasteiger partial charge in [0.15, 0.2) is 5.78 Å². The number of aliphatic hydroxyl groups excluding tert-OH is 2. The standard InChI is InChI=1S/C27H44O6/c1-23(2,31)11-10-22(30)26(5,32)21-9-13-27(33)19-14-20(29)18-7-6-16(28)15-24(18,3)17(19)8-12-25(21,27)4/h14,16-18,21-22,28,30-33H,6-13,15H2,1-5H3/t16-,17+,18+,21+,22-,24-,25-,26-,27-/m1/s1. The molecule has 188 valence electrons. The van der Waals surface area contributed by atoms with Crippen LogP contribution in [0.15, 0.2) is 11.6 Å². The fourth-order valence-electron chi connectivity index (χ4n) is 8.39. The number of carbonyl (C=O) groups is 1. The monoisotopic (exact) mass is 464 g/mol. The van der Waals surface area contributed by atoms with Crippen molar-refractivity contribution >= 4 is 5.78 Å². The molecule has 0 aromatic carbocycles. The number of hydrogen-bond donors (Lipinski definition) is 5. The van der Waals surface area contributed by atoms with Crippen molar-refractivity contribution in [3.63, 3.8) is 0 Å². The molecule has 4 aliphatic rings. The van der Waals surface area contributed by atoms with Gasteiger partial charge >= 0.3 is 0 Å². The van der Waals surface area contributed by atoms with E-state index in [1.54, 1.807) is 26.8 Å². The Kier molecular flexibility index (Phi) is 6.03. The summed E-state index contributed by atoms with van der Waals surface area (Å²) < 4.78 is 0. The second-order valence-corrected chi connectivity index (χ2v) is 13.0. The van der Waals surface area contributed by atoms with Gasteiger partial charge in [0.2, 0.25) is 0 Å². The van der Waals surface area contributed by atoms with Crippen molar-refractivity contribution in [3.05, 3.63) is 11.6 Å². The Labute approximate surface area is 198 Å². The van der Waals surface area contributed by atoms with E-state index < -0.39 is 34.4 Å². The van der Waals surface area contributed by atoms with E-state index in [1.807, 2.05) is 6.92 Å². The Morgan fingerprint density at radius 1 is 1.06 bits per heavy atom. The topological polar surface area (TPSA) is 118 Å². The average Bonchev–Trinajstić information content (AvgIpc) is 2.97. The van der Waals surface area contributed by atoms with E-state index in [0.717, 1.165) is 12.0 Å². The minimum absolute atomic E-state index is 0.0389. The molecule has 0 aromatic rings. The Morgan fingerprint density at radius 2 is 1.73 bits per heavy atom. The maximum Gasteiger partial charge on any atom is 0.159 e. The van der Waals surface area contributed by atoms with Gasteiger partial charge in [-0.05, 0) is 107 Å². The Hall–Kier alpha value is -0.790. The molecule has 0 heterocycles. The summed E-state index contributed by atoms with van der Waals surface area (Å²) in [7, 11) is 0. The molecule has 4 rings (SSSR count). The molecule has 5 N–H and O–H groups in total. The van der Waals surface area contributed by atoms with Gasteiger partial charge < -0.3 is 25.5 Å². The van der Waals surface area contributed by atoms with Gasteiger partial charge in [0.1, 0.15) is 0 Å². The van der Waals surface area contributed by atoms with Gasteiger partial charge in [-0.3, -0.25) is 4.79 Å². The third-order valence-electron chi connectivity index (χ3n) is 10.4. The molecule has 0 aromatic heterocycles. The van der Waals surface area contributed by atoms with E-state index in [1.165, 1.54) is 0 Å². The molecule has 0 aliphatic heterocycles. The van der Waals surface area contributed by atoms with Gasteiger partial charge in [-0.25, -0.2) is 0 Å². The molecule has 4 aliphatic carbocycles. The number of allylic oxidation sites excluding steroid dienone is 1. The molecular formula is C27H44O6. The molecular weight excluding hydrogens is 420 g/mol. The van der Waals surface area contributed by atoms with Crippen molar-refractivity contribution in [2.24, 2.45) is 28.6 Å². The Balaban J connectivity index is 1.66. The largest absolute Gasteiger partial charge is 0.393 e. The summed E-state index contributed by atoms with van der Waals surface area (Å²) in [6, 6.07) is 0. The molecule has 33 heavy (non-hydrogen) atoms. The van der Waals surface area contributed by atoms with E-state index >= 15 is 0 Å². The SMILES string of the molecule is CC(C)(O)CC[C@@H](O)[C@](C)(O)[C@H]1CC[C@@]2(O)C3=CC(=O)[C@@H]4CC[C@@H](O)C[C@]4(C)[C@H]3CC[C@]12C. The minimum Gasteiger partial charge on any atom is -0.393 e. The molecule has 6 heteroatoms. The lowest BCUT2D eigenvalue weighted by molar-refractivity contribution is -0.173. The van der Waals surface area contributed by atoms with Crippen LogP contribution in [0.25, 0.3) is 0 Å². The third kappa shape index (κ3) is 3.76. The fraction of sp³-hybridized carbons (Fsp3) is 0.889. The fourth-order valence-corrected chi connectivity index (χ4v) is 8.39. The van der Waals surface area contributed by atoms with Crippen molar-refractivity contribution in [1.29, 1.82) is 0 Å². The summed E-state index contributed by atoms with van der Waals surface area (Å²) in [5.41, 5.74) is -3.82. The van der Waals surface area contributed by atoms with Crippen molar-refractivity contribution in [2.45, 2.75) is 121 Å². The quantitative estimate of drug-likeness (QED) is 0.427. The first-order valence-corrected chi connectivity index (χ1v) is 12.9. The van der Waals surface area contributed by atoms with Crippen LogP contribution in [-0.4, -0.2) is 60.3 Å². The van der Waals surface area contributed by atoms with E-state index in [4.69, 9.17) is 0 Å². The Morgan fingerprint density at radius 3 is 2.36 bits per heavy atom. The normalized spacial score (nSPS) is 46.0. The number of rotatable bonds is 5. The van der Waals surface area contributed by atoms with Crippen LogP contribution in [0.3, 0.4) is 0 Å². The van der Waals surface area contributed by atoms with Crippen LogP contribution in [0.4, 0.5) is 0 Å². The highest BCUT2D eigenvalue weighted by atomic mass is 16.3. The first kappa shape index (κ1) is 25.3. The first-order chi connectivity index (χ1) is 15.1. The maximum atomic E-state index is 13.2. The van der Waals surface area contributed by atoms with E-state index in [2.05, 4.69) is 6.92 Å². The average molecular weight is 465 g/mol. The molecule has 0 amide bonds. The van der Waals surface area contributed by atoms with Crippen LogP contribution in [0.2, 0.25) is 0 Å². The van der Waals surface area contributed by atoms with Crippen LogP contribution >= 0.6 is 0 Å². The summed E-state index contributed by atoms with van der Waals surface area (Å²) >= 11 is 0. The zero-order valence-corrected chi connectivity index (χ0v) is 21.0. The lowest BCUT2D eigenvalue weighted by Crippen LogP contribution is -2.62. The second-order valence-electron chi connectivity index (χ2n) is 13.0.